The first-order valence-corrected chi connectivity index (χ1v) is 13.5. The summed E-state index contributed by atoms with van der Waals surface area (Å²) in [7, 11) is 20.1. The van der Waals surface area contributed by atoms with Crippen molar-refractivity contribution < 1.29 is 0 Å². The zero-order valence-corrected chi connectivity index (χ0v) is 9.56. The van der Waals surface area contributed by atoms with E-state index in [0.29, 0.717) is 0 Å². The average molecular weight is 315 g/mol. The fourth-order valence-electron chi connectivity index (χ4n) is 0. The number of hydrogen-bond acceptors (Lipinski definition) is 1. The molecule has 0 atom stereocenters. The predicted octanol–water partition coefficient (Wildman–Crippen LogP) is 3.34. The molecule has 6 heteroatoms. The van der Waals surface area contributed by atoms with Crippen LogP contribution in [0.1, 0.15) is 6.92 Å². The van der Waals surface area contributed by atoms with Crippen LogP contribution in [0.3, 0.4) is 0 Å². The van der Waals surface area contributed by atoms with Crippen LogP contribution in [-0.4, -0.2) is 6.54 Å². The molecule has 0 aliphatic rings. The van der Waals surface area contributed by atoms with Gasteiger partial charge in [0.05, 0.1) is 0 Å². The van der Waals surface area contributed by atoms with Gasteiger partial charge in [-0.05, 0) is 6.54 Å². The molecule has 8 heavy (non-hydrogen) atoms. The minimum atomic E-state index is -3.13. The van der Waals surface area contributed by atoms with Crippen molar-refractivity contribution in [3.8, 4) is 0 Å². The molecule has 0 spiro atoms. The summed E-state index contributed by atoms with van der Waals surface area (Å²) in [5.41, 5.74) is 4.85. The van der Waals surface area contributed by atoms with Crippen molar-refractivity contribution in [3.05, 3.63) is 0 Å². The third-order valence-electron chi connectivity index (χ3n) is 0. The standard InChI is InChI=1S/C2H7N.Cl4HI/c1-2-3;1-5(2,3)4/h2-3H2,1H3;5H. The maximum atomic E-state index is 5.02. The zero-order valence-electron chi connectivity index (χ0n) is 4.20. The van der Waals surface area contributed by atoms with Gasteiger partial charge in [0.1, 0.15) is 0 Å². The second-order valence-corrected chi connectivity index (χ2v) is 21.5. The van der Waals surface area contributed by atoms with Gasteiger partial charge in [-0.25, -0.2) is 0 Å². The van der Waals surface area contributed by atoms with Crippen LogP contribution in [0.5, 0.6) is 0 Å². The molecule has 0 radical (unpaired) electrons. The first kappa shape index (κ1) is 12.5. The van der Waals surface area contributed by atoms with Crippen LogP contribution in [0.4, 0.5) is 0 Å². The summed E-state index contributed by atoms with van der Waals surface area (Å²) in [5, 5.41) is 0. The first-order valence-electron chi connectivity index (χ1n) is 1.73. The number of rotatable bonds is 0. The number of halogens is 5. The molecule has 0 amide bonds. The summed E-state index contributed by atoms with van der Waals surface area (Å²) >= 11 is -3.13. The van der Waals surface area contributed by atoms with Gasteiger partial charge < -0.3 is 5.73 Å². The molecule has 0 aromatic heterocycles. The Hall–Kier alpha value is 1.85. The van der Waals surface area contributed by atoms with E-state index in [-0.39, 0.29) is 0 Å². The van der Waals surface area contributed by atoms with Crippen molar-refractivity contribution in [1.29, 1.82) is 0 Å². The van der Waals surface area contributed by atoms with Gasteiger partial charge in [-0.1, -0.05) is 6.92 Å². The maximum absolute atomic E-state index is 5.02. The van der Waals surface area contributed by atoms with Crippen LogP contribution in [0.2, 0.25) is 0 Å². The summed E-state index contributed by atoms with van der Waals surface area (Å²) in [5.74, 6) is 0. The van der Waals surface area contributed by atoms with Gasteiger partial charge in [0.25, 0.3) is 0 Å². The van der Waals surface area contributed by atoms with Crippen molar-refractivity contribution in [2.24, 2.45) is 5.73 Å². The van der Waals surface area contributed by atoms with Crippen LogP contribution in [0, 0.1) is 0 Å². The van der Waals surface area contributed by atoms with Gasteiger partial charge in [0, 0.05) is 0 Å². The number of hydrogen-bond donors (Lipinski definition) is 1. The predicted molar refractivity (Wildman–Crippen MR) is 53.6 cm³/mol. The summed E-state index contributed by atoms with van der Waals surface area (Å²) in [4.78, 5) is 0. The molecule has 0 saturated carbocycles. The number of nitrogens with two attached hydrogens (primary N) is 1. The Morgan fingerprint density at radius 1 is 1.25 bits per heavy atom. The van der Waals surface area contributed by atoms with E-state index in [9.17, 15) is 0 Å². The van der Waals surface area contributed by atoms with E-state index in [1.54, 1.807) is 0 Å². The Labute approximate surface area is 68.2 Å². The molecule has 0 heterocycles. The zero-order chi connectivity index (χ0) is 7.21. The van der Waals surface area contributed by atoms with E-state index in [1.165, 1.54) is 0 Å². The topological polar surface area (TPSA) is 26.0 Å². The van der Waals surface area contributed by atoms with Gasteiger partial charge in [-0.15, -0.1) is 0 Å². The molecular weight excluding hydrogens is 307 g/mol. The van der Waals surface area contributed by atoms with E-state index in [0.717, 1.165) is 6.54 Å². The van der Waals surface area contributed by atoms with Crippen molar-refractivity contribution in [2.45, 2.75) is 6.92 Å². The molecule has 0 aromatic rings. The molecule has 56 valence electrons. The van der Waals surface area contributed by atoms with Crippen LogP contribution in [0.15, 0.2) is 0 Å². The molecule has 0 rings (SSSR count). The normalized spacial score (nSPS) is 11.8. The Bertz CT molecular complexity index is 37.8. The molecular formula is C2H8Cl4IN. The molecule has 0 bridgehead atoms. The van der Waals surface area contributed by atoms with Crippen molar-refractivity contribution in [2.75, 3.05) is 6.54 Å². The fourth-order valence-corrected chi connectivity index (χ4v) is 0. The van der Waals surface area contributed by atoms with Gasteiger partial charge >= 0.3 is 49.6 Å². The summed E-state index contributed by atoms with van der Waals surface area (Å²) in [6, 6.07) is 0. The van der Waals surface area contributed by atoms with Crippen LogP contribution < -0.4 is 5.73 Å². The second kappa shape index (κ2) is 6.96. The van der Waals surface area contributed by atoms with Crippen molar-refractivity contribution in [1.82, 2.24) is 0 Å². The SMILES string of the molecule is CCN.Cl[IH](Cl)(Cl)Cl. The molecule has 0 aliphatic heterocycles. The van der Waals surface area contributed by atoms with Gasteiger partial charge in [0.2, 0.25) is 0 Å². The third-order valence-corrected chi connectivity index (χ3v) is 0. The quantitative estimate of drug-likeness (QED) is 0.682. The molecule has 1 nitrogen and oxygen atoms in total. The van der Waals surface area contributed by atoms with Gasteiger partial charge in [-0.2, -0.15) is 0 Å². The van der Waals surface area contributed by atoms with E-state index >= 15 is 0 Å². The molecule has 2 N–H and O–H groups in total. The molecule has 0 unspecified atom stereocenters. The van der Waals surface area contributed by atoms with Gasteiger partial charge in [0.15, 0.2) is 0 Å². The molecule has 0 fully saturated rings. The van der Waals surface area contributed by atoms with Crippen molar-refractivity contribution >= 4 is 49.6 Å². The van der Waals surface area contributed by atoms with E-state index < -0.39 is 13.9 Å². The van der Waals surface area contributed by atoms with Crippen LogP contribution in [-0.2, 0) is 0 Å². The van der Waals surface area contributed by atoms with Gasteiger partial charge in [-0.3, -0.25) is 0 Å². The molecule has 0 aromatic carbocycles. The summed E-state index contributed by atoms with van der Waals surface area (Å²) in [6.07, 6.45) is 0. The first-order chi connectivity index (χ1) is 3.41. The van der Waals surface area contributed by atoms with Crippen LogP contribution in [0.25, 0.3) is 0 Å². The average Bonchev–Trinajstić information content (AvgIpc) is 1.27. The third kappa shape index (κ3) is 108. The Kier molecular flexibility index (Phi) is 10.9. The van der Waals surface area contributed by atoms with E-state index in [4.69, 9.17) is 41.4 Å². The summed E-state index contributed by atoms with van der Waals surface area (Å²) in [6.45, 7) is 2.65. The Morgan fingerprint density at radius 3 is 1.25 bits per heavy atom. The second-order valence-electron chi connectivity index (χ2n) is 0.758. The van der Waals surface area contributed by atoms with E-state index in [1.807, 2.05) is 6.92 Å². The Balaban J connectivity index is 0. The molecule has 0 saturated heterocycles. The minimum absolute atomic E-state index is 0.750. The van der Waals surface area contributed by atoms with Crippen LogP contribution >= 0.6 is 49.6 Å². The Morgan fingerprint density at radius 2 is 1.25 bits per heavy atom. The monoisotopic (exact) mass is 313 g/mol. The van der Waals surface area contributed by atoms with Crippen molar-refractivity contribution in [3.63, 3.8) is 0 Å². The summed E-state index contributed by atoms with van der Waals surface area (Å²) < 4.78 is 0. The van der Waals surface area contributed by atoms with E-state index in [2.05, 4.69) is 0 Å². The molecule has 0 aliphatic carbocycles. The fraction of sp³-hybridized carbons (Fsp3) is 1.00.